The molecule has 2 N–H and O–H groups in total. The van der Waals surface area contributed by atoms with Crippen LogP contribution < -0.4 is 5.11 Å². The second kappa shape index (κ2) is 18.4. The molecule has 3 unspecified atom stereocenters. The average Bonchev–Trinajstić information content (AvgIpc) is 2.77. The molecular formula is C27H49NO6. The largest absolute Gasteiger partial charge is 0.544 e. The molecule has 0 rings (SSSR count). The van der Waals surface area contributed by atoms with Crippen LogP contribution in [0.1, 0.15) is 118 Å². The lowest BCUT2D eigenvalue weighted by Gasteiger charge is -2.51. The SMILES string of the molecule is CCCCCCCC/C=C/CCCCC[N+](C(CC)C(=O)[O-])(C(CC)C(=O)O)C(CC)C(=O)O. The third kappa shape index (κ3) is 10.2. The lowest BCUT2D eigenvalue weighted by molar-refractivity contribution is -0.974. The summed E-state index contributed by atoms with van der Waals surface area (Å²) in [6.07, 6.45) is 16.8. The zero-order chi connectivity index (χ0) is 26.0. The number of carboxylic acid groups (broad SMARTS) is 3. The van der Waals surface area contributed by atoms with E-state index in [1.807, 2.05) is 0 Å². The third-order valence-corrected chi connectivity index (χ3v) is 7.05. The number of quaternary nitrogens is 1. The van der Waals surface area contributed by atoms with E-state index in [0.717, 1.165) is 25.7 Å². The summed E-state index contributed by atoms with van der Waals surface area (Å²) < 4.78 is -0.482. The van der Waals surface area contributed by atoms with Gasteiger partial charge in [-0.3, -0.25) is 4.48 Å². The molecule has 0 bridgehead atoms. The van der Waals surface area contributed by atoms with Crippen LogP contribution in [0, 0.1) is 0 Å². The molecule has 3 atom stereocenters. The van der Waals surface area contributed by atoms with Gasteiger partial charge < -0.3 is 20.1 Å². The first kappa shape index (κ1) is 32.1. The van der Waals surface area contributed by atoms with E-state index < -0.39 is 40.5 Å². The van der Waals surface area contributed by atoms with E-state index in [0.29, 0.717) is 6.42 Å². The number of hydrogen-bond acceptors (Lipinski definition) is 4. The van der Waals surface area contributed by atoms with E-state index in [4.69, 9.17) is 0 Å². The lowest BCUT2D eigenvalue weighted by atomic mass is 9.94. The van der Waals surface area contributed by atoms with Crippen LogP contribution in [0.4, 0.5) is 0 Å². The van der Waals surface area contributed by atoms with Gasteiger partial charge in [0.1, 0.15) is 6.04 Å². The van der Waals surface area contributed by atoms with Crippen LogP contribution in [-0.4, -0.2) is 57.3 Å². The minimum Gasteiger partial charge on any atom is -0.544 e. The minimum atomic E-state index is -1.38. The maximum Gasteiger partial charge on any atom is 0.362 e. The normalized spacial score (nSPS) is 16.1. The molecule has 34 heavy (non-hydrogen) atoms. The van der Waals surface area contributed by atoms with Gasteiger partial charge in [-0.15, -0.1) is 0 Å². The summed E-state index contributed by atoms with van der Waals surface area (Å²) in [4.78, 5) is 36.4. The number of nitrogens with zero attached hydrogens (tertiary/aromatic N) is 1. The van der Waals surface area contributed by atoms with Gasteiger partial charge in [-0.2, -0.15) is 0 Å². The van der Waals surface area contributed by atoms with Gasteiger partial charge in [0.15, 0.2) is 12.1 Å². The molecule has 0 spiro atoms. The number of unbranched alkanes of at least 4 members (excludes halogenated alkanes) is 9. The number of aliphatic carboxylic acids is 3. The summed E-state index contributed by atoms with van der Waals surface area (Å²) in [5.74, 6) is -3.68. The molecule has 0 aromatic heterocycles. The van der Waals surface area contributed by atoms with Gasteiger partial charge in [0, 0.05) is 19.3 Å². The Morgan fingerprint density at radius 3 is 1.47 bits per heavy atom. The van der Waals surface area contributed by atoms with Crippen LogP contribution in [0.5, 0.6) is 0 Å². The number of carboxylic acids is 3. The van der Waals surface area contributed by atoms with Gasteiger partial charge in [0.25, 0.3) is 0 Å². The van der Waals surface area contributed by atoms with E-state index in [1.54, 1.807) is 20.8 Å². The molecule has 7 heteroatoms. The minimum absolute atomic E-state index is 0.122. The van der Waals surface area contributed by atoms with Crippen LogP contribution in [0.2, 0.25) is 0 Å². The summed E-state index contributed by atoms with van der Waals surface area (Å²) in [6, 6.07) is -3.40. The monoisotopic (exact) mass is 483 g/mol. The zero-order valence-electron chi connectivity index (χ0n) is 22.0. The summed E-state index contributed by atoms with van der Waals surface area (Å²) in [5.41, 5.74) is 0. The van der Waals surface area contributed by atoms with Gasteiger partial charge in [-0.25, -0.2) is 9.59 Å². The van der Waals surface area contributed by atoms with Crippen LogP contribution >= 0.6 is 0 Å². The summed E-state index contributed by atoms with van der Waals surface area (Å²) >= 11 is 0. The Labute approximate surface area is 206 Å². The fraction of sp³-hybridized carbons (Fsp3) is 0.815. The second-order valence-corrected chi connectivity index (χ2v) is 9.36. The molecule has 0 fully saturated rings. The van der Waals surface area contributed by atoms with Crippen molar-refractivity contribution in [1.82, 2.24) is 0 Å². The standard InChI is InChI=1S/C27H49NO6/c1-5-9-10-11-12-13-14-15-16-17-18-19-20-21-28(22(6-2)25(29)30,23(7-3)26(31)32)24(8-4)27(33)34/h15-16,22-24H,5-14,17-21H2,1-4H3,(H2-,29,30,31,32,33,34)/b16-15+. The number of rotatable bonds is 22. The van der Waals surface area contributed by atoms with Gasteiger partial charge in [0.05, 0.1) is 12.5 Å². The highest BCUT2D eigenvalue weighted by molar-refractivity contribution is 5.77. The first-order valence-corrected chi connectivity index (χ1v) is 13.4. The third-order valence-electron chi connectivity index (χ3n) is 7.05. The van der Waals surface area contributed by atoms with Crippen molar-refractivity contribution >= 4 is 17.9 Å². The van der Waals surface area contributed by atoms with Crippen molar-refractivity contribution < 1.29 is 34.2 Å². The van der Waals surface area contributed by atoms with Gasteiger partial charge in [0.2, 0.25) is 0 Å². The maximum atomic E-state index is 12.2. The van der Waals surface area contributed by atoms with Gasteiger partial charge in [-0.05, 0) is 38.5 Å². The molecule has 0 aliphatic carbocycles. The Balaban J connectivity index is 5.15. The first-order chi connectivity index (χ1) is 16.2. The van der Waals surface area contributed by atoms with E-state index >= 15 is 0 Å². The summed E-state index contributed by atoms with van der Waals surface area (Å²) in [7, 11) is 0. The predicted octanol–water partition coefficient (Wildman–Crippen LogP) is 4.93. The first-order valence-electron chi connectivity index (χ1n) is 13.4. The quantitative estimate of drug-likeness (QED) is 0.128. The number of allylic oxidation sites excluding steroid dienone is 2. The molecule has 0 radical (unpaired) electrons. The number of carbonyl (C=O) groups excluding carboxylic acids is 1. The number of carbonyl (C=O) groups is 3. The Morgan fingerprint density at radius 2 is 1.09 bits per heavy atom. The highest BCUT2D eigenvalue weighted by Gasteiger charge is 2.53. The molecule has 0 saturated heterocycles. The highest BCUT2D eigenvalue weighted by Crippen LogP contribution is 2.32. The maximum absolute atomic E-state index is 12.2. The second-order valence-electron chi connectivity index (χ2n) is 9.36. The van der Waals surface area contributed by atoms with Crippen LogP contribution in [0.3, 0.4) is 0 Å². The zero-order valence-corrected chi connectivity index (χ0v) is 22.0. The van der Waals surface area contributed by atoms with Crippen LogP contribution in [-0.2, 0) is 14.4 Å². The summed E-state index contributed by atoms with van der Waals surface area (Å²) in [5, 5.41) is 31.9. The number of hydrogen-bond donors (Lipinski definition) is 2. The van der Waals surface area contributed by atoms with E-state index in [2.05, 4.69) is 19.1 Å². The Bertz CT molecular complexity index is 563. The molecule has 0 heterocycles. The summed E-state index contributed by atoms with van der Waals surface area (Å²) in [6.45, 7) is 7.43. The molecule has 0 aliphatic rings. The fourth-order valence-corrected chi connectivity index (χ4v) is 5.37. The van der Waals surface area contributed by atoms with E-state index in [-0.39, 0.29) is 25.8 Å². The van der Waals surface area contributed by atoms with Crippen LogP contribution in [0.25, 0.3) is 0 Å². The van der Waals surface area contributed by atoms with Crippen molar-refractivity contribution in [3.8, 4) is 0 Å². The molecule has 0 saturated carbocycles. The van der Waals surface area contributed by atoms with Crippen molar-refractivity contribution in [3.63, 3.8) is 0 Å². The fourth-order valence-electron chi connectivity index (χ4n) is 5.37. The Kier molecular flexibility index (Phi) is 17.4. The molecule has 198 valence electrons. The topological polar surface area (TPSA) is 115 Å². The highest BCUT2D eigenvalue weighted by atomic mass is 16.4. The van der Waals surface area contributed by atoms with Crippen molar-refractivity contribution in [3.05, 3.63) is 12.2 Å². The molecule has 0 aliphatic heterocycles. The molecule has 0 amide bonds. The van der Waals surface area contributed by atoms with Gasteiger partial charge >= 0.3 is 11.9 Å². The molecule has 0 aromatic rings. The van der Waals surface area contributed by atoms with E-state index in [1.165, 1.54) is 38.5 Å². The molecule has 7 nitrogen and oxygen atoms in total. The predicted molar refractivity (Wildman–Crippen MR) is 133 cm³/mol. The lowest BCUT2D eigenvalue weighted by Crippen LogP contribution is -2.73. The van der Waals surface area contributed by atoms with Crippen molar-refractivity contribution in [1.29, 1.82) is 0 Å². The molecule has 0 aromatic carbocycles. The van der Waals surface area contributed by atoms with E-state index in [9.17, 15) is 29.7 Å². The average molecular weight is 484 g/mol. The van der Waals surface area contributed by atoms with Crippen LogP contribution in [0.15, 0.2) is 12.2 Å². The van der Waals surface area contributed by atoms with Crippen molar-refractivity contribution in [2.45, 2.75) is 136 Å². The molecular weight excluding hydrogens is 434 g/mol. The Morgan fingerprint density at radius 1 is 0.676 bits per heavy atom. The van der Waals surface area contributed by atoms with Crippen molar-refractivity contribution in [2.24, 2.45) is 0 Å². The van der Waals surface area contributed by atoms with Gasteiger partial charge in [-0.1, -0.05) is 72.0 Å². The smallest absolute Gasteiger partial charge is 0.362 e. The Hall–Kier alpha value is -1.89. The van der Waals surface area contributed by atoms with Crippen molar-refractivity contribution in [2.75, 3.05) is 6.54 Å².